The number of thioether (sulfide) groups is 1. The molecule has 0 saturated heterocycles. The van der Waals surface area contributed by atoms with Gasteiger partial charge in [-0.2, -0.15) is 4.99 Å². The zero-order valence-corrected chi connectivity index (χ0v) is 17.2. The molecular weight excluding hydrogens is 390 g/mol. The van der Waals surface area contributed by atoms with Crippen molar-refractivity contribution in [3.63, 3.8) is 0 Å². The Labute approximate surface area is 171 Å². The minimum absolute atomic E-state index is 0.120. The Balaban J connectivity index is 1.81. The number of nitrogens with one attached hydrogen (secondary N) is 1. The summed E-state index contributed by atoms with van der Waals surface area (Å²) in [6.45, 7) is 5.84. The second-order valence-corrected chi connectivity index (χ2v) is 8.24. The van der Waals surface area contributed by atoms with E-state index in [1.165, 1.54) is 18.3 Å². The highest BCUT2D eigenvalue weighted by molar-refractivity contribution is 7.99. The second-order valence-electron chi connectivity index (χ2n) is 6.06. The van der Waals surface area contributed by atoms with Gasteiger partial charge in [0.1, 0.15) is 0 Å². The molecule has 0 unspecified atom stereocenters. The summed E-state index contributed by atoms with van der Waals surface area (Å²) in [6.07, 6.45) is 2.15. The van der Waals surface area contributed by atoms with E-state index in [9.17, 15) is 9.59 Å². The summed E-state index contributed by atoms with van der Waals surface area (Å²) in [7, 11) is 0. The van der Waals surface area contributed by atoms with Crippen LogP contribution in [0.2, 0.25) is 0 Å². The topological polar surface area (TPSA) is 63.5 Å². The number of allylic oxidation sites excluding steroid dienone is 1. The summed E-state index contributed by atoms with van der Waals surface area (Å²) in [5.74, 6) is 0.423. The van der Waals surface area contributed by atoms with Crippen LogP contribution in [0.3, 0.4) is 0 Å². The van der Waals surface area contributed by atoms with Crippen LogP contribution in [0.15, 0.2) is 71.1 Å². The molecule has 0 radical (unpaired) electrons. The zero-order chi connectivity index (χ0) is 19.9. The maximum Gasteiger partial charge on any atom is 0.249 e. The van der Waals surface area contributed by atoms with Crippen LogP contribution >= 0.6 is 23.1 Å². The number of amides is 2. The number of thiazole rings is 1. The van der Waals surface area contributed by atoms with E-state index in [4.69, 9.17) is 0 Å². The Morgan fingerprint density at radius 3 is 2.75 bits per heavy atom. The normalized spacial score (nSPS) is 11.5. The number of nitrogens with zero attached hydrogens (tertiary/aromatic N) is 2. The van der Waals surface area contributed by atoms with E-state index in [1.807, 2.05) is 53.1 Å². The molecule has 1 aromatic heterocycles. The van der Waals surface area contributed by atoms with Gasteiger partial charge < -0.3 is 9.88 Å². The monoisotopic (exact) mass is 411 g/mol. The smallest absolute Gasteiger partial charge is 0.249 e. The van der Waals surface area contributed by atoms with Crippen molar-refractivity contribution in [1.82, 2.24) is 4.57 Å². The summed E-state index contributed by atoms with van der Waals surface area (Å²) in [5, 5.41) is 2.78. The Morgan fingerprint density at radius 2 is 2.04 bits per heavy atom. The number of carbonyl (C=O) groups excluding carboxylic acids is 2. The van der Waals surface area contributed by atoms with Gasteiger partial charge in [-0.05, 0) is 30.3 Å². The minimum atomic E-state index is -0.144. The molecule has 2 aromatic carbocycles. The van der Waals surface area contributed by atoms with Crippen LogP contribution in [0, 0.1) is 0 Å². The van der Waals surface area contributed by atoms with Crippen molar-refractivity contribution in [2.24, 2.45) is 4.99 Å². The van der Waals surface area contributed by atoms with E-state index in [0.29, 0.717) is 23.5 Å². The molecule has 144 valence electrons. The van der Waals surface area contributed by atoms with Crippen LogP contribution in [-0.4, -0.2) is 22.1 Å². The lowest BCUT2D eigenvalue weighted by molar-refractivity contribution is -0.117. The van der Waals surface area contributed by atoms with E-state index < -0.39 is 0 Å². The third-order valence-electron chi connectivity index (χ3n) is 3.86. The molecule has 0 saturated carbocycles. The van der Waals surface area contributed by atoms with Crippen molar-refractivity contribution >= 4 is 50.8 Å². The Bertz CT molecular complexity index is 1070. The van der Waals surface area contributed by atoms with Crippen molar-refractivity contribution in [2.45, 2.75) is 24.8 Å². The van der Waals surface area contributed by atoms with Crippen LogP contribution in [0.1, 0.15) is 13.3 Å². The molecular formula is C21H21N3O2S2. The van der Waals surface area contributed by atoms with Crippen molar-refractivity contribution in [3.8, 4) is 0 Å². The molecule has 3 rings (SSSR count). The van der Waals surface area contributed by atoms with Crippen LogP contribution in [0.4, 0.5) is 5.69 Å². The maximum absolute atomic E-state index is 12.4. The molecule has 0 bridgehead atoms. The number of anilines is 1. The van der Waals surface area contributed by atoms with Crippen molar-refractivity contribution in [3.05, 3.63) is 66.0 Å². The van der Waals surface area contributed by atoms with Gasteiger partial charge in [-0.3, -0.25) is 9.59 Å². The van der Waals surface area contributed by atoms with E-state index in [2.05, 4.69) is 16.9 Å². The first-order chi connectivity index (χ1) is 13.6. The summed E-state index contributed by atoms with van der Waals surface area (Å²) in [6, 6.07) is 15.7. The van der Waals surface area contributed by atoms with Gasteiger partial charge in [0.05, 0.1) is 10.2 Å². The lowest BCUT2D eigenvalue weighted by atomic mass is 10.3. The average Bonchev–Trinajstić information content (AvgIpc) is 2.99. The molecule has 2 amide bonds. The molecule has 0 fully saturated rings. The largest absolute Gasteiger partial charge is 0.326 e. The zero-order valence-electron chi connectivity index (χ0n) is 15.6. The average molecular weight is 412 g/mol. The van der Waals surface area contributed by atoms with E-state index in [-0.39, 0.29) is 11.8 Å². The number of rotatable bonds is 7. The first kappa shape index (κ1) is 20.1. The fraction of sp³-hybridized carbons (Fsp3) is 0.190. The summed E-state index contributed by atoms with van der Waals surface area (Å²) in [5.41, 5.74) is 1.69. The van der Waals surface area contributed by atoms with Gasteiger partial charge in [0.25, 0.3) is 0 Å². The second kappa shape index (κ2) is 9.52. The fourth-order valence-electron chi connectivity index (χ4n) is 2.68. The van der Waals surface area contributed by atoms with Gasteiger partial charge in [-0.15, -0.1) is 18.3 Å². The molecule has 0 aliphatic carbocycles. The van der Waals surface area contributed by atoms with E-state index in [0.717, 1.165) is 20.8 Å². The third-order valence-corrected chi connectivity index (χ3v) is 5.92. The van der Waals surface area contributed by atoms with Crippen LogP contribution in [-0.2, 0) is 16.1 Å². The number of benzene rings is 2. The molecule has 7 heteroatoms. The first-order valence-corrected chi connectivity index (χ1v) is 10.6. The standard InChI is InChI=1S/C21H21N3O2S2/c1-3-12-24-18-10-9-16(22-15(2)25)14-19(18)28-21(24)23-20(26)11-13-27-17-7-5-4-6-8-17/h3-10,14H,1,11-13H2,2H3,(H,22,25). The summed E-state index contributed by atoms with van der Waals surface area (Å²) < 4.78 is 2.92. The number of aromatic nitrogens is 1. The lowest BCUT2D eigenvalue weighted by Gasteiger charge is -2.03. The Morgan fingerprint density at radius 1 is 1.25 bits per heavy atom. The van der Waals surface area contributed by atoms with Gasteiger partial charge in [-0.1, -0.05) is 35.6 Å². The van der Waals surface area contributed by atoms with E-state index in [1.54, 1.807) is 17.8 Å². The predicted molar refractivity (Wildman–Crippen MR) is 117 cm³/mol. The molecule has 28 heavy (non-hydrogen) atoms. The van der Waals surface area contributed by atoms with Gasteiger partial charge in [0.15, 0.2) is 4.80 Å². The quantitative estimate of drug-likeness (QED) is 0.461. The molecule has 1 heterocycles. The molecule has 5 nitrogen and oxygen atoms in total. The number of hydrogen-bond donors (Lipinski definition) is 1. The van der Waals surface area contributed by atoms with Crippen molar-refractivity contribution in [2.75, 3.05) is 11.1 Å². The van der Waals surface area contributed by atoms with Gasteiger partial charge >= 0.3 is 0 Å². The molecule has 3 aromatic rings. The maximum atomic E-state index is 12.4. The van der Waals surface area contributed by atoms with Crippen LogP contribution < -0.4 is 10.1 Å². The number of fused-ring (bicyclic) bond motifs is 1. The molecule has 0 aliphatic rings. The van der Waals surface area contributed by atoms with Crippen LogP contribution in [0.25, 0.3) is 10.2 Å². The highest BCUT2D eigenvalue weighted by Crippen LogP contribution is 2.22. The first-order valence-electron chi connectivity index (χ1n) is 8.84. The van der Waals surface area contributed by atoms with Crippen molar-refractivity contribution in [1.29, 1.82) is 0 Å². The van der Waals surface area contributed by atoms with Crippen LogP contribution in [0.5, 0.6) is 0 Å². The summed E-state index contributed by atoms with van der Waals surface area (Å²) >= 11 is 3.08. The Hall–Kier alpha value is -2.64. The Kier molecular flexibility index (Phi) is 6.84. The molecule has 0 aliphatic heterocycles. The SMILES string of the molecule is C=CCn1c(=NC(=O)CCSc2ccccc2)sc2cc(NC(C)=O)ccc21. The molecule has 0 atom stereocenters. The van der Waals surface area contributed by atoms with Gasteiger partial charge in [0, 0.05) is 36.2 Å². The molecule has 1 N–H and O–H groups in total. The predicted octanol–water partition coefficient (Wildman–Crippen LogP) is 4.46. The molecule has 0 spiro atoms. The highest BCUT2D eigenvalue weighted by atomic mass is 32.2. The number of carbonyl (C=O) groups is 2. The third kappa shape index (κ3) is 5.21. The minimum Gasteiger partial charge on any atom is -0.326 e. The van der Waals surface area contributed by atoms with E-state index >= 15 is 0 Å². The lowest BCUT2D eigenvalue weighted by Crippen LogP contribution is -2.16. The van der Waals surface area contributed by atoms with Gasteiger partial charge in [-0.25, -0.2) is 0 Å². The van der Waals surface area contributed by atoms with Crippen molar-refractivity contribution < 1.29 is 9.59 Å². The van der Waals surface area contributed by atoms with Gasteiger partial charge in [0.2, 0.25) is 11.8 Å². The highest BCUT2D eigenvalue weighted by Gasteiger charge is 2.09. The number of hydrogen-bond acceptors (Lipinski definition) is 4. The summed E-state index contributed by atoms with van der Waals surface area (Å²) in [4.78, 5) is 29.8. The fourth-order valence-corrected chi connectivity index (χ4v) is 4.64.